The van der Waals surface area contributed by atoms with Gasteiger partial charge in [-0.15, -0.1) is 0 Å². The molecule has 0 bridgehead atoms. The SMILES string of the molecule is C[C@@H](N)c1cccc(OCc2ccncc2Cl)c1. The second-order valence-corrected chi connectivity index (χ2v) is 4.52. The topological polar surface area (TPSA) is 48.1 Å². The van der Waals surface area contributed by atoms with Gasteiger partial charge in [0.25, 0.3) is 0 Å². The largest absolute Gasteiger partial charge is 0.489 e. The fraction of sp³-hybridized carbons (Fsp3) is 0.214. The van der Waals surface area contributed by atoms with Crippen molar-refractivity contribution in [2.24, 2.45) is 5.73 Å². The third kappa shape index (κ3) is 3.22. The summed E-state index contributed by atoms with van der Waals surface area (Å²) >= 11 is 6.01. The maximum Gasteiger partial charge on any atom is 0.120 e. The van der Waals surface area contributed by atoms with Crippen LogP contribution in [0.15, 0.2) is 42.7 Å². The Hall–Kier alpha value is -1.58. The number of pyridine rings is 1. The Morgan fingerprint density at radius 1 is 1.39 bits per heavy atom. The lowest BCUT2D eigenvalue weighted by Crippen LogP contribution is -2.05. The summed E-state index contributed by atoms with van der Waals surface area (Å²) in [6, 6.07) is 9.61. The molecule has 18 heavy (non-hydrogen) atoms. The van der Waals surface area contributed by atoms with Gasteiger partial charge in [-0.1, -0.05) is 23.7 Å². The molecule has 0 aliphatic heterocycles. The molecule has 94 valence electrons. The van der Waals surface area contributed by atoms with E-state index in [9.17, 15) is 0 Å². The van der Waals surface area contributed by atoms with Crippen molar-refractivity contribution in [1.29, 1.82) is 0 Å². The zero-order valence-electron chi connectivity index (χ0n) is 10.1. The van der Waals surface area contributed by atoms with Gasteiger partial charge >= 0.3 is 0 Å². The van der Waals surface area contributed by atoms with Crippen molar-refractivity contribution >= 4 is 11.6 Å². The van der Waals surface area contributed by atoms with Crippen LogP contribution in [0.3, 0.4) is 0 Å². The van der Waals surface area contributed by atoms with Crippen LogP contribution in [0, 0.1) is 0 Å². The molecule has 1 aromatic heterocycles. The maximum atomic E-state index is 6.01. The van der Waals surface area contributed by atoms with Crippen molar-refractivity contribution in [3.63, 3.8) is 0 Å². The number of ether oxygens (including phenoxy) is 1. The number of aromatic nitrogens is 1. The highest BCUT2D eigenvalue weighted by Gasteiger charge is 2.03. The molecule has 2 rings (SSSR count). The molecule has 0 unspecified atom stereocenters. The lowest BCUT2D eigenvalue weighted by molar-refractivity contribution is 0.305. The summed E-state index contributed by atoms with van der Waals surface area (Å²) in [6.45, 7) is 2.36. The van der Waals surface area contributed by atoms with Crippen molar-refractivity contribution in [1.82, 2.24) is 4.98 Å². The fourth-order valence-electron chi connectivity index (χ4n) is 1.57. The summed E-state index contributed by atoms with van der Waals surface area (Å²) in [4.78, 5) is 3.93. The number of nitrogens with two attached hydrogens (primary N) is 1. The molecule has 0 aliphatic carbocycles. The Bertz CT molecular complexity index is 529. The molecule has 0 fully saturated rings. The van der Waals surface area contributed by atoms with Crippen LogP contribution in [0.1, 0.15) is 24.1 Å². The third-order valence-corrected chi connectivity index (χ3v) is 2.97. The van der Waals surface area contributed by atoms with Gasteiger partial charge in [0.1, 0.15) is 12.4 Å². The van der Waals surface area contributed by atoms with Gasteiger partial charge < -0.3 is 10.5 Å². The van der Waals surface area contributed by atoms with E-state index >= 15 is 0 Å². The van der Waals surface area contributed by atoms with E-state index < -0.39 is 0 Å². The van der Waals surface area contributed by atoms with Gasteiger partial charge in [-0.25, -0.2) is 0 Å². The van der Waals surface area contributed by atoms with Crippen LogP contribution in [-0.2, 0) is 6.61 Å². The Morgan fingerprint density at radius 2 is 2.22 bits per heavy atom. The van der Waals surface area contributed by atoms with Crippen LogP contribution >= 0.6 is 11.6 Å². The molecule has 1 atom stereocenters. The van der Waals surface area contributed by atoms with Gasteiger partial charge in [-0.2, -0.15) is 0 Å². The van der Waals surface area contributed by atoms with E-state index in [1.807, 2.05) is 37.3 Å². The second-order valence-electron chi connectivity index (χ2n) is 4.12. The minimum absolute atomic E-state index is 0.00179. The summed E-state index contributed by atoms with van der Waals surface area (Å²) in [6.07, 6.45) is 3.31. The summed E-state index contributed by atoms with van der Waals surface area (Å²) in [5.74, 6) is 0.790. The fourth-order valence-corrected chi connectivity index (χ4v) is 1.74. The quantitative estimate of drug-likeness (QED) is 0.919. The minimum atomic E-state index is -0.00179. The Labute approximate surface area is 112 Å². The van der Waals surface area contributed by atoms with Crippen LogP contribution in [0.2, 0.25) is 5.02 Å². The van der Waals surface area contributed by atoms with Crippen molar-refractivity contribution in [3.8, 4) is 5.75 Å². The molecule has 0 saturated heterocycles. The van der Waals surface area contributed by atoms with Crippen molar-refractivity contribution in [2.45, 2.75) is 19.6 Å². The highest BCUT2D eigenvalue weighted by Crippen LogP contribution is 2.20. The molecule has 2 N–H and O–H groups in total. The highest BCUT2D eigenvalue weighted by molar-refractivity contribution is 6.31. The molecule has 0 radical (unpaired) electrons. The van der Waals surface area contributed by atoms with Gasteiger partial charge in [0.15, 0.2) is 0 Å². The maximum absolute atomic E-state index is 6.01. The van der Waals surface area contributed by atoms with E-state index in [-0.39, 0.29) is 6.04 Å². The summed E-state index contributed by atoms with van der Waals surface area (Å²) < 4.78 is 5.70. The molecular weight excluding hydrogens is 248 g/mol. The summed E-state index contributed by atoms with van der Waals surface area (Å²) in [5.41, 5.74) is 7.79. The zero-order valence-corrected chi connectivity index (χ0v) is 10.9. The molecule has 1 heterocycles. The normalized spacial score (nSPS) is 12.2. The summed E-state index contributed by atoms with van der Waals surface area (Å²) in [5, 5.41) is 0.612. The van der Waals surface area contributed by atoms with Gasteiger partial charge in [-0.05, 0) is 30.7 Å². The molecule has 3 nitrogen and oxygen atoms in total. The zero-order chi connectivity index (χ0) is 13.0. The average molecular weight is 263 g/mol. The molecule has 2 aromatic rings. The standard InChI is InChI=1S/C14H15ClN2O/c1-10(16)11-3-2-4-13(7-11)18-9-12-5-6-17-8-14(12)15/h2-8,10H,9,16H2,1H3/t10-/m1/s1. The number of rotatable bonds is 4. The Morgan fingerprint density at radius 3 is 2.94 bits per heavy atom. The first-order chi connectivity index (χ1) is 8.66. The van der Waals surface area contributed by atoms with Gasteiger partial charge in [0.2, 0.25) is 0 Å². The Balaban J connectivity index is 2.07. The van der Waals surface area contributed by atoms with Crippen LogP contribution in [0.25, 0.3) is 0 Å². The van der Waals surface area contributed by atoms with Gasteiger partial charge in [0.05, 0.1) is 5.02 Å². The predicted octanol–water partition coefficient (Wildman–Crippen LogP) is 3.33. The average Bonchev–Trinajstić information content (AvgIpc) is 2.38. The number of halogens is 1. The van der Waals surface area contributed by atoms with E-state index in [1.54, 1.807) is 12.4 Å². The van der Waals surface area contributed by atoms with E-state index in [0.717, 1.165) is 16.9 Å². The minimum Gasteiger partial charge on any atom is -0.489 e. The van der Waals surface area contributed by atoms with Crippen LogP contribution in [0.5, 0.6) is 5.75 Å². The van der Waals surface area contributed by atoms with Crippen LogP contribution < -0.4 is 10.5 Å². The highest BCUT2D eigenvalue weighted by atomic mass is 35.5. The van der Waals surface area contributed by atoms with E-state index in [0.29, 0.717) is 11.6 Å². The first-order valence-electron chi connectivity index (χ1n) is 5.73. The number of benzene rings is 1. The molecule has 0 aliphatic rings. The lowest BCUT2D eigenvalue weighted by Gasteiger charge is -2.10. The molecule has 0 spiro atoms. The van der Waals surface area contributed by atoms with Crippen molar-refractivity contribution in [2.75, 3.05) is 0 Å². The molecule has 1 aromatic carbocycles. The first kappa shape index (κ1) is 12.9. The molecule has 4 heteroatoms. The molecule has 0 saturated carbocycles. The lowest BCUT2D eigenvalue weighted by atomic mass is 10.1. The van der Waals surface area contributed by atoms with Crippen LogP contribution in [-0.4, -0.2) is 4.98 Å². The first-order valence-corrected chi connectivity index (χ1v) is 6.11. The van der Waals surface area contributed by atoms with Crippen LogP contribution in [0.4, 0.5) is 0 Å². The summed E-state index contributed by atoms with van der Waals surface area (Å²) in [7, 11) is 0. The number of hydrogen-bond acceptors (Lipinski definition) is 3. The van der Waals surface area contributed by atoms with Gasteiger partial charge in [-0.3, -0.25) is 4.98 Å². The van der Waals surface area contributed by atoms with Crippen molar-refractivity contribution < 1.29 is 4.74 Å². The van der Waals surface area contributed by atoms with E-state index in [4.69, 9.17) is 22.1 Å². The van der Waals surface area contributed by atoms with E-state index in [1.165, 1.54) is 0 Å². The Kier molecular flexibility index (Phi) is 4.18. The van der Waals surface area contributed by atoms with E-state index in [2.05, 4.69) is 4.98 Å². The van der Waals surface area contributed by atoms with Crippen molar-refractivity contribution in [3.05, 3.63) is 58.9 Å². The number of nitrogens with zero attached hydrogens (tertiary/aromatic N) is 1. The molecule has 0 amide bonds. The van der Waals surface area contributed by atoms with Gasteiger partial charge in [0, 0.05) is 24.0 Å². The smallest absolute Gasteiger partial charge is 0.120 e. The second kappa shape index (κ2) is 5.85. The third-order valence-electron chi connectivity index (χ3n) is 2.63. The number of hydrogen-bond donors (Lipinski definition) is 1. The molecular formula is C14H15ClN2O. The predicted molar refractivity (Wildman–Crippen MR) is 72.6 cm³/mol. The monoisotopic (exact) mass is 262 g/mol.